The molecule has 0 saturated heterocycles. The highest BCUT2D eigenvalue weighted by atomic mass is 32.2. The molecular formula is C20H23NO3S. The first-order valence-electron chi connectivity index (χ1n) is 8.30. The van der Waals surface area contributed by atoms with E-state index in [9.17, 15) is 9.59 Å². The third-order valence-corrected chi connectivity index (χ3v) is 4.60. The van der Waals surface area contributed by atoms with E-state index in [0.717, 1.165) is 5.75 Å². The molecule has 0 aliphatic rings. The number of hydrogen-bond acceptors (Lipinski definition) is 4. The Hall–Kier alpha value is -2.27. The maximum absolute atomic E-state index is 11.8. The van der Waals surface area contributed by atoms with Crippen LogP contribution >= 0.6 is 11.8 Å². The van der Waals surface area contributed by atoms with Crippen LogP contribution in [0.4, 0.5) is 0 Å². The van der Waals surface area contributed by atoms with Crippen molar-refractivity contribution in [2.24, 2.45) is 0 Å². The largest absolute Gasteiger partial charge is 0.484 e. The van der Waals surface area contributed by atoms with Crippen LogP contribution in [0.1, 0.15) is 29.3 Å². The van der Waals surface area contributed by atoms with E-state index in [2.05, 4.69) is 36.5 Å². The van der Waals surface area contributed by atoms with Gasteiger partial charge in [-0.15, -0.1) is 11.8 Å². The summed E-state index contributed by atoms with van der Waals surface area (Å²) in [4.78, 5) is 24.5. The number of rotatable bonds is 9. The molecule has 2 aromatic carbocycles. The van der Waals surface area contributed by atoms with Crippen molar-refractivity contribution in [2.75, 3.05) is 18.9 Å². The van der Waals surface area contributed by atoms with Crippen LogP contribution in [-0.2, 0) is 4.79 Å². The van der Waals surface area contributed by atoms with Crippen LogP contribution in [0.5, 0.6) is 5.75 Å². The van der Waals surface area contributed by atoms with E-state index in [1.165, 1.54) is 10.5 Å². The zero-order valence-corrected chi connectivity index (χ0v) is 15.4. The van der Waals surface area contributed by atoms with Gasteiger partial charge < -0.3 is 10.1 Å². The average Bonchev–Trinajstić information content (AvgIpc) is 2.64. The van der Waals surface area contributed by atoms with Gasteiger partial charge in [-0.25, -0.2) is 0 Å². The van der Waals surface area contributed by atoms with Crippen LogP contribution < -0.4 is 10.1 Å². The summed E-state index contributed by atoms with van der Waals surface area (Å²) >= 11 is 1.70. The average molecular weight is 357 g/mol. The van der Waals surface area contributed by atoms with Crippen molar-refractivity contribution < 1.29 is 14.3 Å². The van der Waals surface area contributed by atoms with E-state index in [-0.39, 0.29) is 18.3 Å². The van der Waals surface area contributed by atoms with E-state index in [1.54, 1.807) is 36.0 Å². The summed E-state index contributed by atoms with van der Waals surface area (Å²) in [7, 11) is 0. The van der Waals surface area contributed by atoms with Gasteiger partial charge in [0.1, 0.15) is 5.75 Å². The maximum Gasteiger partial charge on any atom is 0.257 e. The molecule has 0 saturated carbocycles. The van der Waals surface area contributed by atoms with E-state index in [1.807, 2.05) is 6.92 Å². The number of hydrogen-bond donors (Lipinski definition) is 1. The lowest BCUT2D eigenvalue weighted by Gasteiger charge is -2.08. The highest BCUT2D eigenvalue weighted by Crippen LogP contribution is 2.17. The van der Waals surface area contributed by atoms with Crippen LogP contribution in [0.3, 0.4) is 0 Å². The number of benzene rings is 2. The monoisotopic (exact) mass is 357 g/mol. The van der Waals surface area contributed by atoms with Crippen LogP contribution in [0.2, 0.25) is 0 Å². The predicted octanol–water partition coefficient (Wildman–Crippen LogP) is 3.88. The number of ketones is 1. The number of carbonyl (C=O) groups is 2. The molecule has 0 aromatic heterocycles. The summed E-state index contributed by atoms with van der Waals surface area (Å²) in [5, 5.41) is 2.83. The fraction of sp³-hybridized carbons (Fsp3) is 0.300. The van der Waals surface area contributed by atoms with Crippen molar-refractivity contribution in [1.82, 2.24) is 5.32 Å². The van der Waals surface area contributed by atoms with E-state index < -0.39 is 0 Å². The number of aryl methyl sites for hydroxylation is 1. The van der Waals surface area contributed by atoms with Gasteiger partial charge in [0.05, 0.1) is 0 Å². The van der Waals surface area contributed by atoms with Crippen LogP contribution in [-0.4, -0.2) is 30.6 Å². The molecule has 25 heavy (non-hydrogen) atoms. The standard InChI is InChI=1S/C20H23NO3S/c1-3-19(22)16-6-8-17(9-7-16)24-14-20(23)21-12-13-25-18-10-4-15(2)5-11-18/h4-11H,3,12-14H2,1-2H3,(H,21,23). The maximum atomic E-state index is 11.8. The molecule has 132 valence electrons. The van der Waals surface area contributed by atoms with Crippen LogP contribution in [0.25, 0.3) is 0 Å². The Morgan fingerprint density at radius 2 is 1.72 bits per heavy atom. The molecule has 0 aliphatic carbocycles. The zero-order chi connectivity index (χ0) is 18.1. The second-order valence-corrected chi connectivity index (χ2v) is 6.77. The molecule has 0 unspecified atom stereocenters. The van der Waals surface area contributed by atoms with Gasteiger partial charge in [0.15, 0.2) is 12.4 Å². The van der Waals surface area contributed by atoms with Crippen molar-refractivity contribution in [3.05, 3.63) is 59.7 Å². The molecule has 0 fully saturated rings. The quantitative estimate of drug-likeness (QED) is 0.420. The van der Waals surface area contributed by atoms with Gasteiger partial charge in [0.2, 0.25) is 0 Å². The summed E-state index contributed by atoms with van der Waals surface area (Å²) in [6.07, 6.45) is 0.475. The molecule has 1 N–H and O–H groups in total. The van der Waals surface area contributed by atoms with Crippen molar-refractivity contribution in [2.45, 2.75) is 25.2 Å². The molecule has 5 heteroatoms. The fourth-order valence-corrected chi connectivity index (χ4v) is 2.90. The van der Waals surface area contributed by atoms with Gasteiger partial charge in [-0.2, -0.15) is 0 Å². The minimum Gasteiger partial charge on any atom is -0.484 e. The summed E-state index contributed by atoms with van der Waals surface area (Å²) in [6.45, 7) is 4.44. The van der Waals surface area contributed by atoms with E-state index in [4.69, 9.17) is 4.74 Å². The van der Waals surface area contributed by atoms with Crippen molar-refractivity contribution in [3.8, 4) is 5.75 Å². The third-order valence-electron chi connectivity index (χ3n) is 3.58. The predicted molar refractivity (Wildman–Crippen MR) is 101 cm³/mol. The van der Waals surface area contributed by atoms with Gasteiger partial charge >= 0.3 is 0 Å². The SMILES string of the molecule is CCC(=O)c1ccc(OCC(=O)NCCSc2ccc(C)cc2)cc1. The van der Waals surface area contributed by atoms with Crippen molar-refractivity contribution >= 4 is 23.5 Å². The van der Waals surface area contributed by atoms with Gasteiger partial charge in [-0.1, -0.05) is 24.6 Å². The zero-order valence-electron chi connectivity index (χ0n) is 14.6. The number of nitrogens with one attached hydrogen (secondary N) is 1. The Morgan fingerprint density at radius 3 is 2.36 bits per heavy atom. The molecule has 2 aromatic rings. The molecule has 0 radical (unpaired) electrons. The van der Waals surface area contributed by atoms with Crippen LogP contribution in [0, 0.1) is 6.92 Å². The first-order chi connectivity index (χ1) is 12.1. The third kappa shape index (κ3) is 6.63. The molecule has 0 heterocycles. The lowest BCUT2D eigenvalue weighted by molar-refractivity contribution is -0.122. The Labute approximate surface area is 153 Å². The van der Waals surface area contributed by atoms with Gasteiger partial charge in [0.25, 0.3) is 5.91 Å². The Kier molecular flexibility index (Phi) is 7.54. The number of ether oxygens (including phenoxy) is 1. The molecule has 0 spiro atoms. The highest BCUT2D eigenvalue weighted by molar-refractivity contribution is 7.99. The first kappa shape index (κ1) is 19.1. The first-order valence-corrected chi connectivity index (χ1v) is 9.29. The lowest BCUT2D eigenvalue weighted by atomic mass is 10.1. The molecule has 4 nitrogen and oxygen atoms in total. The van der Waals surface area contributed by atoms with Gasteiger partial charge in [0, 0.05) is 29.2 Å². The highest BCUT2D eigenvalue weighted by Gasteiger charge is 2.05. The molecule has 2 rings (SSSR count). The molecule has 0 bridgehead atoms. The second kappa shape index (κ2) is 9.89. The minimum atomic E-state index is -0.154. The van der Waals surface area contributed by atoms with Gasteiger partial charge in [-0.05, 0) is 43.3 Å². The smallest absolute Gasteiger partial charge is 0.257 e. The van der Waals surface area contributed by atoms with Crippen molar-refractivity contribution in [1.29, 1.82) is 0 Å². The second-order valence-electron chi connectivity index (χ2n) is 5.60. The topological polar surface area (TPSA) is 55.4 Å². The number of carbonyl (C=O) groups excluding carboxylic acids is 2. The molecular weight excluding hydrogens is 334 g/mol. The minimum absolute atomic E-state index is 0.0315. The number of Topliss-reactive ketones (excluding diaryl/α,β-unsaturated/α-hetero) is 1. The molecule has 0 aliphatic heterocycles. The van der Waals surface area contributed by atoms with E-state index >= 15 is 0 Å². The summed E-state index contributed by atoms with van der Waals surface area (Å²) < 4.78 is 5.43. The van der Waals surface area contributed by atoms with Gasteiger partial charge in [-0.3, -0.25) is 9.59 Å². The summed E-state index contributed by atoms with van der Waals surface area (Å²) in [5.41, 5.74) is 1.90. The molecule has 1 amide bonds. The normalized spacial score (nSPS) is 10.3. The Bertz CT molecular complexity index is 696. The molecule has 0 atom stereocenters. The van der Waals surface area contributed by atoms with Crippen LogP contribution in [0.15, 0.2) is 53.4 Å². The summed E-state index contributed by atoms with van der Waals surface area (Å²) in [6, 6.07) is 15.2. The summed E-state index contributed by atoms with van der Waals surface area (Å²) in [5.74, 6) is 1.33. The fourth-order valence-electron chi connectivity index (χ4n) is 2.13. The number of thioether (sulfide) groups is 1. The Balaban J connectivity index is 1.65. The lowest BCUT2D eigenvalue weighted by Crippen LogP contribution is -2.30. The van der Waals surface area contributed by atoms with E-state index in [0.29, 0.717) is 24.3 Å². The van der Waals surface area contributed by atoms with Crippen molar-refractivity contribution in [3.63, 3.8) is 0 Å². The Morgan fingerprint density at radius 1 is 1.04 bits per heavy atom. The number of amides is 1.